The van der Waals surface area contributed by atoms with Gasteiger partial charge in [-0.2, -0.15) is 0 Å². The fraction of sp³-hybridized carbons (Fsp3) is 0.571. The van der Waals surface area contributed by atoms with Crippen molar-refractivity contribution in [3.63, 3.8) is 0 Å². The Kier molecular flexibility index (Phi) is 3.27. The lowest BCUT2D eigenvalue weighted by molar-refractivity contribution is -0.152. The van der Waals surface area contributed by atoms with E-state index in [-0.39, 0.29) is 11.9 Å². The molecule has 0 aromatic carbocycles. The first-order valence-corrected chi connectivity index (χ1v) is 7.19. The van der Waals surface area contributed by atoms with Crippen LogP contribution < -0.4 is 5.32 Å². The summed E-state index contributed by atoms with van der Waals surface area (Å²) in [6.45, 7) is 2.26. The number of nitrogens with one attached hydrogen (secondary N) is 1. The highest BCUT2D eigenvalue weighted by Gasteiger charge is 2.55. The summed E-state index contributed by atoms with van der Waals surface area (Å²) in [6, 6.07) is -0.951. The summed E-state index contributed by atoms with van der Waals surface area (Å²) in [4.78, 5) is 42.1. The van der Waals surface area contributed by atoms with Crippen molar-refractivity contribution >= 4 is 17.8 Å². The second kappa shape index (κ2) is 4.98. The van der Waals surface area contributed by atoms with Crippen molar-refractivity contribution in [1.82, 2.24) is 19.8 Å². The van der Waals surface area contributed by atoms with Crippen LogP contribution in [-0.4, -0.2) is 38.3 Å². The highest BCUT2D eigenvalue weighted by atomic mass is 16.2. The van der Waals surface area contributed by atoms with Crippen LogP contribution >= 0.6 is 0 Å². The first kappa shape index (κ1) is 13.8. The average molecular weight is 290 g/mol. The predicted molar refractivity (Wildman–Crippen MR) is 73.0 cm³/mol. The van der Waals surface area contributed by atoms with Gasteiger partial charge in [0.05, 0.1) is 12.4 Å². The molecule has 1 aromatic heterocycles. The van der Waals surface area contributed by atoms with Gasteiger partial charge in [-0.15, -0.1) is 0 Å². The van der Waals surface area contributed by atoms with Crippen LogP contribution in [0.2, 0.25) is 0 Å². The summed E-state index contributed by atoms with van der Waals surface area (Å²) >= 11 is 0. The number of aromatic nitrogens is 2. The van der Waals surface area contributed by atoms with E-state index in [9.17, 15) is 14.4 Å². The maximum atomic E-state index is 12.8. The molecule has 7 heteroatoms. The number of amides is 4. The third kappa shape index (κ3) is 2.12. The second-order valence-electron chi connectivity index (χ2n) is 5.83. The fourth-order valence-corrected chi connectivity index (χ4v) is 3.30. The van der Waals surface area contributed by atoms with Gasteiger partial charge >= 0.3 is 6.03 Å². The maximum absolute atomic E-state index is 12.8. The quantitative estimate of drug-likeness (QED) is 0.839. The summed E-state index contributed by atoms with van der Waals surface area (Å²) < 4.78 is 1.81. The van der Waals surface area contributed by atoms with Crippen molar-refractivity contribution in [1.29, 1.82) is 0 Å². The van der Waals surface area contributed by atoms with Crippen LogP contribution in [0.3, 0.4) is 0 Å². The van der Waals surface area contributed by atoms with E-state index >= 15 is 0 Å². The Morgan fingerprint density at radius 3 is 2.67 bits per heavy atom. The SMILES string of the molecule is CC(Cn1ccnc1)N1C(=O)NC(=O)C2(CCCC2)C1=O. The fourth-order valence-electron chi connectivity index (χ4n) is 3.30. The monoisotopic (exact) mass is 290 g/mol. The van der Waals surface area contributed by atoms with E-state index in [1.54, 1.807) is 25.6 Å². The number of rotatable bonds is 3. The molecule has 7 nitrogen and oxygen atoms in total. The first-order chi connectivity index (χ1) is 10.0. The molecule has 1 unspecified atom stereocenters. The summed E-state index contributed by atoms with van der Waals surface area (Å²) in [7, 11) is 0. The minimum Gasteiger partial charge on any atom is -0.335 e. The number of urea groups is 1. The van der Waals surface area contributed by atoms with E-state index in [1.807, 2.05) is 4.57 Å². The van der Waals surface area contributed by atoms with Gasteiger partial charge in [0.15, 0.2) is 0 Å². The molecule has 21 heavy (non-hydrogen) atoms. The average Bonchev–Trinajstić information content (AvgIpc) is 3.08. The largest absolute Gasteiger partial charge is 0.335 e. The van der Waals surface area contributed by atoms with Gasteiger partial charge in [-0.25, -0.2) is 9.78 Å². The number of hydrogen-bond acceptors (Lipinski definition) is 4. The molecule has 112 valence electrons. The van der Waals surface area contributed by atoms with Crippen LogP contribution in [-0.2, 0) is 16.1 Å². The lowest BCUT2D eigenvalue weighted by Crippen LogP contribution is -2.65. The number of hydrogen-bond donors (Lipinski definition) is 1. The van der Waals surface area contributed by atoms with Gasteiger partial charge in [-0.3, -0.25) is 19.8 Å². The number of barbiturate groups is 1. The van der Waals surface area contributed by atoms with E-state index < -0.39 is 17.4 Å². The molecule has 4 amide bonds. The van der Waals surface area contributed by atoms with E-state index in [4.69, 9.17) is 0 Å². The van der Waals surface area contributed by atoms with Gasteiger partial charge in [-0.05, 0) is 19.8 Å². The Balaban J connectivity index is 1.84. The summed E-state index contributed by atoms with van der Waals surface area (Å²) in [5.41, 5.74) is -1.03. The minimum atomic E-state index is -1.03. The number of nitrogens with zero attached hydrogens (tertiary/aromatic N) is 3. The van der Waals surface area contributed by atoms with Gasteiger partial charge in [0.2, 0.25) is 11.8 Å². The molecular weight excluding hydrogens is 272 g/mol. The molecule has 1 spiro atoms. The van der Waals surface area contributed by atoms with E-state index in [0.29, 0.717) is 19.4 Å². The Bertz CT molecular complexity index is 575. The second-order valence-corrected chi connectivity index (χ2v) is 5.83. The van der Waals surface area contributed by atoms with Gasteiger partial charge < -0.3 is 4.57 Å². The molecule has 2 aliphatic rings. The highest BCUT2D eigenvalue weighted by Crippen LogP contribution is 2.42. The molecule has 2 fully saturated rings. The maximum Gasteiger partial charge on any atom is 0.331 e. The van der Waals surface area contributed by atoms with Crippen molar-refractivity contribution in [3.05, 3.63) is 18.7 Å². The lowest BCUT2D eigenvalue weighted by Gasteiger charge is -2.39. The van der Waals surface area contributed by atoms with Gasteiger partial charge in [0.25, 0.3) is 0 Å². The molecule has 0 bridgehead atoms. The van der Waals surface area contributed by atoms with Crippen LogP contribution in [0.1, 0.15) is 32.6 Å². The molecule has 3 rings (SSSR count). The number of carbonyl (C=O) groups excluding carboxylic acids is 3. The van der Waals surface area contributed by atoms with E-state index in [2.05, 4.69) is 10.3 Å². The van der Waals surface area contributed by atoms with Crippen molar-refractivity contribution in [3.8, 4) is 0 Å². The molecular formula is C14H18N4O3. The first-order valence-electron chi connectivity index (χ1n) is 7.19. The molecule has 2 heterocycles. The predicted octanol–water partition coefficient (Wildman–Crippen LogP) is 0.910. The molecule has 1 aliphatic carbocycles. The smallest absolute Gasteiger partial charge is 0.331 e. The van der Waals surface area contributed by atoms with Gasteiger partial charge in [0, 0.05) is 18.9 Å². The van der Waals surface area contributed by atoms with Crippen LogP contribution in [0.25, 0.3) is 0 Å². The highest BCUT2D eigenvalue weighted by molar-refractivity contribution is 6.19. The van der Waals surface area contributed by atoms with Crippen molar-refractivity contribution in [2.45, 2.75) is 45.2 Å². The summed E-state index contributed by atoms with van der Waals surface area (Å²) in [5, 5.41) is 2.36. The van der Waals surface area contributed by atoms with E-state index in [1.165, 1.54) is 4.90 Å². The standard InChI is InChI=1S/C14H18N4O3/c1-10(8-17-7-6-15-9-17)18-12(20)14(4-2-3-5-14)11(19)16-13(18)21/h6-7,9-10H,2-5,8H2,1H3,(H,16,19,21). The molecule has 1 aromatic rings. The lowest BCUT2D eigenvalue weighted by atomic mass is 9.81. The topological polar surface area (TPSA) is 84.3 Å². The Hall–Kier alpha value is -2.18. The third-order valence-electron chi connectivity index (χ3n) is 4.43. The number of carbonyl (C=O) groups is 3. The van der Waals surface area contributed by atoms with Crippen LogP contribution in [0.15, 0.2) is 18.7 Å². The zero-order chi connectivity index (χ0) is 15.0. The Morgan fingerprint density at radius 1 is 1.33 bits per heavy atom. The zero-order valence-corrected chi connectivity index (χ0v) is 11.9. The molecule has 1 aliphatic heterocycles. The Labute approximate surface area is 122 Å². The normalized spacial score (nSPS) is 22.7. The van der Waals surface area contributed by atoms with Gasteiger partial charge in [0.1, 0.15) is 5.41 Å². The Morgan fingerprint density at radius 2 is 2.05 bits per heavy atom. The molecule has 1 atom stereocenters. The molecule has 1 saturated carbocycles. The summed E-state index contributed by atoms with van der Waals surface area (Å²) in [6.07, 6.45) is 7.80. The third-order valence-corrected chi connectivity index (χ3v) is 4.43. The van der Waals surface area contributed by atoms with Crippen molar-refractivity contribution < 1.29 is 14.4 Å². The minimum absolute atomic E-state index is 0.336. The van der Waals surface area contributed by atoms with E-state index in [0.717, 1.165) is 12.8 Å². The summed E-state index contributed by atoms with van der Waals surface area (Å²) in [5.74, 6) is -0.776. The van der Waals surface area contributed by atoms with Crippen LogP contribution in [0.5, 0.6) is 0 Å². The van der Waals surface area contributed by atoms with Crippen LogP contribution in [0.4, 0.5) is 4.79 Å². The molecule has 0 radical (unpaired) electrons. The number of imide groups is 2. The van der Waals surface area contributed by atoms with Crippen LogP contribution in [0, 0.1) is 5.41 Å². The van der Waals surface area contributed by atoms with Crippen molar-refractivity contribution in [2.75, 3.05) is 0 Å². The van der Waals surface area contributed by atoms with Crippen molar-refractivity contribution in [2.24, 2.45) is 5.41 Å². The van der Waals surface area contributed by atoms with Gasteiger partial charge in [-0.1, -0.05) is 12.8 Å². The zero-order valence-electron chi connectivity index (χ0n) is 11.9. The molecule has 1 N–H and O–H groups in total. The molecule has 1 saturated heterocycles. The number of imidazole rings is 1.